The normalized spacial score (nSPS) is 41.6. The summed E-state index contributed by atoms with van der Waals surface area (Å²) < 4.78 is 5.29. The van der Waals surface area contributed by atoms with E-state index in [1.807, 2.05) is 7.05 Å². The minimum absolute atomic E-state index is 0.0616. The van der Waals surface area contributed by atoms with Crippen LogP contribution in [0, 0.1) is 40.4 Å². The highest BCUT2D eigenvalue weighted by molar-refractivity contribution is 5.87. The van der Waals surface area contributed by atoms with Gasteiger partial charge in [0.15, 0.2) is 0 Å². The Morgan fingerprint density at radius 1 is 1.19 bits per heavy atom. The molecule has 2 unspecified atom stereocenters. The van der Waals surface area contributed by atoms with Crippen molar-refractivity contribution in [2.24, 2.45) is 40.4 Å². The van der Waals surface area contributed by atoms with Gasteiger partial charge in [-0.1, -0.05) is 19.9 Å². The van der Waals surface area contributed by atoms with Crippen LogP contribution in [-0.4, -0.2) is 39.1 Å². The Kier molecular flexibility index (Phi) is 6.51. The Morgan fingerprint density at radius 2 is 2.00 bits per heavy atom. The van der Waals surface area contributed by atoms with Crippen molar-refractivity contribution >= 4 is 11.8 Å². The van der Waals surface area contributed by atoms with Crippen molar-refractivity contribution in [2.45, 2.75) is 65.2 Å². The van der Waals surface area contributed by atoms with Gasteiger partial charge >= 0.3 is 5.97 Å². The van der Waals surface area contributed by atoms with E-state index < -0.39 is 0 Å². The second kappa shape index (κ2) is 8.86. The average Bonchev–Trinajstić information content (AvgIpc) is 3.07. The zero-order valence-electron chi connectivity index (χ0n) is 19.7. The quantitative estimate of drug-likeness (QED) is 0.364. The first-order chi connectivity index (χ1) is 14.8. The monoisotopic (exact) mass is 432 g/mol. The zero-order chi connectivity index (χ0) is 22.2. The van der Waals surface area contributed by atoms with Gasteiger partial charge in [0.25, 0.3) is 0 Å². The lowest BCUT2D eigenvalue weighted by Crippen LogP contribution is -2.56. The van der Waals surface area contributed by atoms with Crippen LogP contribution in [0.1, 0.15) is 65.2 Å². The number of hydroxylamine groups is 1. The maximum Gasteiger partial charge on any atom is 0.309 e. The molecule has 4 rings (SSSR count). The molecule has 6 nitrogen and oxygen atoms in total. The second-order valence-corrected chi connectivity index (χ2v) is 10.8. The highest BCUT2D eigenvalue weighted by Crippen LogP contribution is 2.66. The van der Waals surface area contributed by atoms with Crippen molar-refractivity contribution in [2.75, 3.05) is 27.3 Å². The Balaban J connectivity index is 1.57. The molecule has 0 aromatic rings. The summed E-state index contributed by atoms with van der Waals surface area (Å²) in [7, 11) is 3.45. The van der Waals surface area contributed by atoms with E-state index in [9.17, 15) is 9.59 Å². The summed E-state index contributed by atoms with van der Waals surface area (Å²) in [5, 5.41) is 3.13. The van der Waals surface area contributed by atoms with Crippen LogP contribution in [0.15, 0.2) is 11.8 Å². The van der Waals surface area contributed by atoms with E-state index in [1.165, 1.54) is 7.11 Å². The molecule has 0 radical (unpaired) electrons. The summed E-state index contributed by atoms with van der Waals surface area (Å²) in [5.41, 5.74) is 4.14. The van der Waals surface area contributed by atoms with Gasteiger partial charge in [-0.15, -0.1) is 0 Å². The van der Waals surface area contributed by atoms with Crippen molar-refractivity contribution in [3.63, 3.8) is 0 Å². The summed E-state index contributed by atoms with van der Waals surface area (Å²) in [6.07, 6.45) is 9.86. The number of rotatable bonds is 7. The molecule has 6 heteroatoms. The predicted molar refractivity (Wildman–Crippen MR) is 119 cm³/mol. The number of hydrogen-bond donors (Lipinski definition) is 2. The number of fused-ring (bicyclic) bond motifs is 5. The average molecular weight is 433 g/mol. The summed E-state index contributed by atoms with van der Waals surface area (Å²) in [6.45, 7) is 6.17. The van der Waals surface area contributed by atoms with E-state index in [2.05, 4.69) is 30.7 Å². The zero-order valence-corrected chi connectivity index (χ0v) is 19.7. The highest BCUT2D eigenvalue weighted by Gasteiger charge is 2.62. The molecule has 0 heterocycles. The van der Waals surface area contributed by atoms with Crippen molar-refractivity contribution in [1.82, 2.24) is 10.8 Å². The first kappa shape index (κ1) is 22.8. The van der Waals surface area contributed by atoms with Gasteiger partial charge in [0.05, 0.1) is 19.6 Å². The van der Waals surface area contributed by atoms with E-state index in [-0.39, 0.29) is 28.6 Å². The highest BCUT2D eigenvalue weighted by atomic mass is 16.6. The first-order valence-corrected chi connectivity index (χ1v) is 12.2. The maximum atomic E-state index is 12.9. The van der Waals surface area contributed by atoms with Crippen molar-refractivity contribution in [3.8, 4) is 0 Å². The fourth-order valence-electron chi connectivity index (χ4n) is 7.66. The summed E-state index contributed by atoms with van der Waals surface area (Å²) in [4.78, 5) is 31.3. The Bertz CT molecular complexity index is 737. The van der Waals surface area contributed by atoms with E-state index >= 15 is 0 Å². The van der Waals surface area contributed by atoms with Crippen LogP contribution >= 0.6 is 0 Å². The molecular weight excluding hydrogens is 392 g/mol. The predicted octanol–water partition coefficient (Wildman–Crippen LogP) is 3.62. The summed E-state index contributed by atoms with van der Waals surface area (Å²) in [6, 6.07) is 0. The molecule has 3 saturated carbocycles. The standard InChI is InChI=1S/C25H40N2O4/c1-24-10-8-16(27-31-13-5-12-26-3)14-21(24)18(23(29)30-4)15-17-19-6-7-22(28)25(19,2)11-9-20(17)24/h14,17-21,26-27H,5-13,15H2,1-4H3/t17-,18?,19-,20+,21?,24+,25-/m0/s1. The molecule has 0 amide bonds. The molecule has 3 fully saturated rings. The van der Waals surface area contributed by atoms with E-state index in [1.54, 1.807) is 0 Å². The lowest BCUT2D eigenvalue weighted by atomic mass is 9.44. The number of ketones is 1. The number of allylic oxidation sites excluding steroid dienone is 2. The molecule has 4 aliphatic rings. The number of hydrogen-bond acceptors (Lipinski definition) is 6. The Morgan fingerprint density at radius 3 is 2.74 bits per heavy atom. The minimum Gasteiger partial charge on any atom is -0.469 e. The van der Waals surface area contributed by atoms with Crippen LogP contribution in [0.5, 0.6) is 0 Å². The van der Waals surface area contributed by atoms with Crippen LogP contribution in [0.2, 0.25) is 0 Å². The van der Waals surface area contributed by atoms with Gasteiger partial charge in [-0.25, -0.2) is 0 Å². The van der Waals surface area contributed by atoms with Gasteiger partial charge in [-0.05, 0) is 87.6 Å². The molecule has 0 saturated heterocycles. The maximum absolute atomic E-state index is 12.9. The fraction of sp³-hybridized carbons (Fsp3) is 0.840. The van der Waals surface area contributed by atoms with Crippen LogP contribution in [0.25, 0.3) is 0 Å². The largest absolute Gasteiger partial charge is 0.469 e. The molecular formula is C25H40N2O4. The summed E-state index contributed by atoms with van der Waals surface area (Å²) in [5.74, 6) is 1.79. The lowest BCUT2D eigenvalue weighted by Gasteiger charge is -2.60. The van der Waals surface area contributed by atoms with Crippen molar-refractivity contribution < 1.29 is 19.2 Å². The van der Waals surface area contributed by atoms with Gasteiger partial charge in [0, 0.05) is 17.5 Å². The summed E-state index contributed by atoms with van der Waals surface area (Å²) >= 11 is 0. The van der Waals surface area contributed by atoms with Gasteiger partial charge < -0.3 is 10.1 Å². The number of esters is 1. The third-order valence-corrected chi connectivity index (χ3v) is 9.41. The van der Waals surface area contributed by atoms with Gasteiger partial charge in [0.2, 0.25) is 0 Å². The van der Waals surface area contributed by atoms with Crippen molar-refractivity contribution in [1.29, 1.82) is 0 Å². The molecule has 0 spiro atoms. The molecule has 0 aliphatic heterocycles. The smallest absolute Gasteiger partial charge is 0.309 e. The van der Waals surface area contributed by atoms with Gasteiger partial charge in [0.1, 0.15) is 5.78 Å². The molecule has 0 aromatic carbocycles. The molecule has 2 N–H and O–H groups in total. The number of carbonyl (C=O) groups is 2. The molecule has 4 aliphatic carbocycles. The minimum atomic E-state index is -0.177. The molecule has 0 bridgehead atoms. The topological polar surface area (TPSA) is 76.7 Å². The molecule has 174 valence electrons. The van der Waals surface area contributed by atoms with Crippen LogP contribution in [0.3, 0.4) is 0 Å². The lowest BCUT2D eigenvalue weighted by molar-refractivity contribution is -0.163. The number of nitrogens with one attached hydrogen (secondary N) is 2. The Labute approximate surface area is 186 Å². The van der Waals surface area contributed by atoms with Crippen molar-refractivity contribution in [3.05, 3.63) is 11.8 Å². The van der Waals surface area contributed by atoms with Crippen LogP contribution < -0.4 is 10.8 Å². The number of carbonyl (C=O) groups excluding carboxylic acids is 2. The SMILES string of the molecule is CNCCCONC1=CC2C(C(=O)OC)C[C@@H]3[C@@H](CC[C@]4(C)C(=O)CC[C@@H]34)[C@@]2(C)CC1. The number of ether oxygens (including phenoxy) is 1. The number of methoxy groups -OCH3 is 1. The second-order valence-electron chi connectivity index (χ2n) is 10.8. The first-order valence-electron chi connectivity index (χ1n) is 12.2. The van der Waals surface area contributed by atoms with E-state index in [0.29, 0.717) is 36.6 Å². The van der Waals surface area contributed by atoms with Gasteiger partial charge in [-0.3, -0.25) is 19.9 Å². The molecule has 0 aromatic heterocycles. The number of Topliss-reactive ketones (excluding diaryl/α,β-unsaturated/α-hetero) is 1. The third kappa shape index (κ3) is 3.84. The third-order valence-electron chi connectivity index (χ3n) is 9.41. The van der Waals surface area contributed by atoms with E-state index in [0.717, 1.165) is 57.2 Å². The van der Waals surface area contributed by atoms with Crippen LogP contribution in [-0.2, 0) is 19.2 Å². The molecule has 7 atom stereocenters. The van der Waals surface area contributed by atoms with E-state index in [4.69, 9.17) is 9.57 Å². The van der Waals surface area contributed by atoms with Gasteiger partial charge in [-0.2, -0.15) is 0 Å². The Hall–Kier alpha value is -1.40. The van der Waals surface area contributed by atoms with Crippen LogP contribution in [0.4, 0.5) is 0 Å². The molecule has 31 heavy (non-hydrogen) atoms. The fourth-order valence-corrected chi connectivity index (χ4v) is 7.66.